The normalized spacial score (nSPS) is 11.5. The van der Waals surface area contributed by atoms with E-state index in [-0.39, 0.29) is 31.5 Å². The lowest BCUT2D eigenvalue weighted by Crippen LogP contribution is -2.20. The Morgan fingerprint density at radius 2 is 1.81 bits per heavy atom. The SMILES string of the molecule is COc1ccc(NC(=O)COc2ccc3nc(Nc4ccccc4)oc3c2)cc1OCC(C)CC(=O)O. The number of carboxylic acid groups (broad SMARTS) is 1. The van der Waals surface area contributed by atoms with Crippen LogP contribution in [0.5, 0.6) is 17.2 Å². The molecular formula is C27H27N3O7. The first-order valence-electron chi connectivity index (χ1n) is 11.6. The number of rotatable bonds is 12. The van der Waals surface area contributed by atoms with E-state index in [1.165, 1.54) is 7.11 Å². The zero-order valence-electron chi connectivity index (χ0n) is 20.4. The molecule has 10 nitrogen and oxygen atoms in total. The van der Waals surface area contributed by atoms with Gasteiger partial charge < -0.3 is 34.4 Å². The smallest absolute Gasteiger partial charge is 0.303 e. The molecule has 0 aliphatic rings. The molecule has 1 heterocycles. The number of nitrogens with one attached hydrogen (secondary N) is 2. The molecule has 0 saturated carbocycles. The van der Waals surface area contributed by atoms with Crippen molar-refractivity contribution in [3.05, 3.63) is 66.7 Å². The van der Waals surface area contributed by atoms with E-state index in [9.17, 15) is 9.59 Å². The van der Waals surface area contributed by atoms with Gasteiger partial charge in [-0.05, 0) is 36.4 Å². The van der Waals surface area contributed by atoms with Crippen molar-refractivity contribution in [1.29, 1.82) is 0 Å². The second kappa shape index (κ2) is 11.8. The summed E-state index contributed by atoms with van der Waals surface area (Å²) < 4.78 is 22.4. The summed E-state index contributed by atoms with van der Waals surface area (Å²) in [4.78, 5) is 27.8. The largest absolute Gasteiger partial charge is 0.493 e. The number of para-hydroxylation sites is 1. The van der Waals surface area contributed by atoms with Crippen molar-refractivity contribution in [2.75, 3.05) is 31.0 Å². The maximum Gasteiger partial charge on any atom is 0.303 e. The summed E-state index contributed by atoms with van der Waals surface area (Å²) in [6.45, 7) is 1.74. The quantitative estimate of drug-likeness (QED) is 0.241. The summed E-state index contributed by atoms with van der Waals surface area (Å²) in [5.74, 6) is -0.139. The average molecular weight is 506 g/mol. The number of aromatic nitrogens is 1. The van der Waals surface area contributed by atoms with E-state index in [0.717, 1.165) is 5.69 Å². The van der Waals surface area contributed by atoms with Crippen molar-refractivity contribution in [2.45, 2.75) is 13.3 Å². The molecule has 1 aromatic heterocycles. The minimum absolute atomic E-state index is 0.0131. The number of nitrogens with zero attached hydrogens (tertiary/aromatic N) is 1. The molecule has 0 spiro atoms. The van der Waals surface area contributed by atoms with Gasteiger partial charge in [0.1, 0.15) is 11.3 Å². The van der Waals surface area contributed by atoms with Crippen LogP contribution in [0.3, 0.4) is 0 Å². The van der Waals surface area contributed by atoms with Crippen molar-refractivity contribution in [3.63, 3.8) is 0 Å². The van der Waals surface area contributed by atoms with E-state index in [0.29, 0.717) is 40.1 Å². The van der Waals surface area contributed by atoms with E-state index in [1.807, 2.05) is 30.3 Å². The van der Waals surface area contributed by atoms with Crippen LogP contribution >= 0.6 is 0 Å². The highest BCUT2D eigenvalue weighted by Crippen LogP contribution is 2.31. The number of carboxylic acids is 1. The molecule has 3 N–H and O–H groups in total. The molecule has 0 saturated heterocycles. The van der Waals surface area contributed by atoms with Crippen molar-refractivity contribution in [1.82, 2.24) is 4.98 Å². The first-order chi connectivity index (χ1) is 17.9. The lowest BCUT2D eigenvalue weighted by atomic mass is 10.1. The monoisotopic (exact) mass is 505 g/mol. The number of anilines is 3. The Hall–Kier alpha value is -4.73. The molecule has 4 aromatic rings. The van der Waals surface area contributed by atoms with Gasteiger partial charge in [-0.1, -0.05) is 25.1 Å². The third-order valence-electron chi connectivity index (χ3n) is 5.25. The molecule has 1 atom stereocenters. The van der Waals surface area contributed by atoms with Gasteiger partial charge in [0, 0.05) is 29.4 Å². The maximum absolute atomic E-state index is 12.5. The predicted molar refractivity (Wildman–Crippen MR) is 138 cm³/mol. The second-order valence-corrected chi connectivity index (χ2v) is 8.36. The number of ether oxygens (including phenoxy) is 3. The van der Waals surface area contributed by atoms with Crippen LogP contribution in [0.15, 0.2) is 71.1 Å². The van der Waals surface area contributed by atoms with Gasteiger partial charge in [-0.3, -0.25) is 9.59 Å². The van der Waals surface area contributed by atoms with Crippen molar-refractivity contribution in [3.8, 4) is 17.2 Å². The van der Waals surface area contributed by atoms with Gasteiger partial charge in [0.25, 0.3) is 11.9 Å². The van der Waals surface area contributed by atoms with Crippen LogP contribution in [0.25, 0.3) is 11.1 Å². The number of benzene rings is 3. The summed E-state index contributed by atoms with van der Waals surface area (Å²) in [5, 5.41) is 14.8. The van der Waals surface area contributed by atoms with E-state index in [4.69, 9.17) is 23.7 Å². The number of amides is 1. The Bertz CT molecular complexity index is 1370. The lowest BCUT2D eigenvalue weighted by Gasteiger charge is -2.15. The first kappa shape index (κ1) is 25.4. The van der Waals surface area contributed by atoms with Crippen molar-refractivity contribution >= 4 is 40.4 Å². The van der Waals surface area contributed by atoms with Crippen LogP contribution in [-0.2, 0) is 9.59 Å². The van der Waals surface area contributed by atoms with E-state index in [2.05, 4.69) is 15.6 Å². The van der Waals surface area contributed by atoms with Gasteiger partial charge in [0.15, 0.2) is 23.7 Å². The highest BCUT2D eigenvalue weighted by atomic mass is 16.5. The Kier molecular flexibility index (Phi) is 8.09. The maximum atomic E-state index is 12.5. The Morgan fingerprint density at radius 3 is 2.57 bits per heavy atom. The lowest BCUT2D eigenvalue weighted by molar-refractivity contribution is -0.138. The average Bonchev–Trinajstić information content (AvgIpc) is 3.28. The molecule has 37 heavy (non-hydrogen) atoms. The molecule has 192 valence electrons. The summed E-state index contributed by atoms with van der Waals surface area (Å²) in [6, 6.07) is 20.0. The number of hydrogen-bond acceptors (Lipinski definition) is 8. The first-order valence-corrected chi connectivity index (χ1v) is 11.6. The minimum Gasteiger partial charge on any atom is -0.493 e. The zero-order valence-corrected chi connectivity index (χ0v) is 20.4. The molecule has 1 unspecified atom stereocenters. The fraction of sp³-hybridized carbons (Fsp3) is 0.222. The molecule has 0 radical (unpaired) electrons. The third-order valence-corrected chi connectivity index (χ3v) is 5.25. The summed E-state index contributed by atoms with van der Waals surface area (Å²) in [5.41, 5.74) is 2.51. The molecule has 0 fully saturated rings. The van der Waals surface area contributed by atoms with Crippen molar-refractivity contribution in [2.24, 2.45) is 5.92 Å². The van der Waals surface area contributed by atoms with Gasteiger partial charge in [0.05, 0.1) is 20.1 Å². The number of oxazole rings is 1. The summed E-state index contributed by atoms with van der Waals surface area (Å²) in [6.07, 6.45) is -0.0131. The van der Waals surface area contributed by atoms with E-state index in [1.54, 1.807) is 43.3 Å². The number of fused-ring (bicyclic) bond motifs is 1. The number of carbonyl (C=O) groups excluding carboxylic acids is 1. The van der Waals surface area contributed by atoms with Crippen LogP contribution in [-0.4, -0.2) is 42.3 Å². The van der Waals surface area contributed by atoms with Gasteiger partial charge in [-0.15, -0.1) is 0 Å². The highest BCUT2D eigenvalue weighted by molar-refractivity contribution is 5.92. The highest BCUT2D eigenvalue weighted by Gasteiger charge is 2.13. The molecule has 0 aliphatic carbocycles. The van der Waals surface area contributed by atoms with Crippen LogP contribution < -0.4 is 24.8 Å². The van der Waals surface area contributed by atoms with Crippen LogP contribution in [0.4, 0.5) is 17.4 Å². The number of carbonyl (C=O) groups is 2. The molecule has 0 aliphatic heterocycles. The summed E-state index contributed by atoms with van der Waals surface area (Å²) >= 11 is 0. The van der Waals surface area contributed by atoms with Crippen LogP contribution in [0, 0.1) is 5.92 Å². The molecule has 10 heteroatoms. The fourth-order valence-electron chi connectivity index (χ4n) is 3.50. The molecule has 3 aromatic carbocycles. The molecule has 4 rings (SSSR count). The van der Waals surface area contributed by atoms with Crippen molar-refractivity contribution < 1.29 is 33.3 Å². The minimum atomic E-state index is -0.893. The standard InChI is InChI=1S/C27H27N3O7/c1-17(12-26(32)33)15-36-24-13-19(8-11-22(24)34-2)28-25(31)16-35-20-9-10-21-23(14-20)37-27(30-21)29-18-6-4-3-5-7-18/h3-11,13-14,17H,12,15-16H2,1-2H3,(H,28,31)(H,29,30)(H,32,33). The Labute approximate surface area is 213 Å². The van der Waals surface area contributed by atoms with Gasteiger partial charge in [-0.25, -0.2) is 0 Å². The third kappa shape index (κ3) is 7.14. The zero-order chi connectivity index (χ0) is 26.2. The number of aliphatic carboxylic acids is 1. The van der Waals surface area contributed by atoms with Crippen LogP contribution in [0.2, 0.25) is 0 Å². The predicted octanol–water partition coefficient (Wildman–Crippen LogP) is 5.09. The van der Waals surface area contributed by atoms with Crippen LogP contribution in [0.1, 0.15) is 13.3 Å². The van der Waals surface area contributed by atoms with Gasteiger partial charge in [0.2, 0.25) is 0 Å². The number of methoxy groups -OCH3 is 1. The Balaban J connectivity index is 1.34. The topological polar surface area (TPSA) is 132 Å². The van der Waals surface area contributed by atoms with Gasteiger partial charge in [-0.2, -0.15) is 4.98 Å². The molecule has 1 amide bonds. The summed E-state index contributed by atoms with van der Waals surface area (Å²) in [7, 11) is 1.50. The molecular weight excluding hydrogens is 478 g/mol. The van der Waals surface area contributed by atoms with Gasteiger partial charge >= 0.3 is 5.97 Å². The van der Waals surface area contributed by atoms with E-state index < -0.39 is 5.97 Å². The van der Waals surface area contributed by atoms with E-state index >= 15 is 0 Å². The second-order valence-electron chi connectivity index (χ2n) is 8.36. The fourth-order valence-corrected chi connectivity index (χ4v) is 3.50. The molecule has 0 bridgehead atoms. The number of hydrogen-bond donors (Lipinski definition) is 3. The Morgan fingerprint density at radius 1 is 1.00 bits per heavy atom.